The zero-order chi connectivity index (χ0) is 10.7. The van der Waals surface area contributed by atoms with Crippen LogP contribution in [0.4, 0.5) is 4.79 Å². The Morgan fingerprint density at radius 2 is 2.20 bits per heavy atom. The molecule has 1 aliphatic carbocycles. The minimum absolute atomic E-state index is 0.379. The van der Waals surface area contributed by atoms with E-state index in [4.69, 9.17) is 0 Å². The van der Waals surface area contributed by atoms with E-state index in [-0.39, 0.29) is 6.09 Å². The lowest BCUT2D eigenvalue weighted by Crippen LogP contribution is -2.22. The van der Waals surface area contributed by atoms with Crippen LogP contribution in [0.25, 0.3) is 0 Å². The number of hydrogen-bond acceptors (Lipinski definition) is 2. The van der Waals surface area contributed by atoms with Crippen LogP contribution >= 0.6 is 0 Å². The average molecular weight is 205 g/mol. The van der Waals surface area contributed by atoms with Crippen LogP contribution in [0.2, 0.25) is 0 Å². The highest BCUT2D eigenvalue weighted by Crippen LogP contribution is 2.22. The summed E-state index contributed by atoms with van der Waals surface area (Å²) in [7, 11) is 1.37. The molecule has 3 heteroatoms. The van der Waals surface area contributed by atoms with Gasteiger partial charge in [-0.05, 0) is 36.0 Å². The number of carbonyl (C=O) groups excluding carboxylic acids is 1. The molecule has 1 amide bonds. The largest absolute Gasteiger partial charge is 0.453 e. The number of methoxy groups -OCH3 is 1. The average Bonchev–Trinajstić information content (AvgIpc) is 2.72. The molecule has 3 nitrogen and oxygen atoms in total. The maximum Gasteiger partial charge on any atom is 0.407 e. The number of carbonyl (C=O) groups is 1. The summed E-state index contributed by atoms with van der Waals surface area (Å²) in [4.78, 5) is 10.9. The second kappa shape index (κ2) is 4.34. The number of benzene rings is 1. The van der Waals surface area contributed by atoms with E-state index in [1.54, 1.807) is 0 Å². The van der Waals surface area contributed by atoms with Gasteiger partial charge < -0.3 is 10.1 Å². The molecule has 0 radical (unpaired) electrons. The Kier molecular flexibility index (Phi) is 2.90. The summed E-state index contributed by atoms with van der Waals surface area (Å²) in [5.41, 5.74) is 4.03. The van der Waals surface area contributed by atoms with Crippen LogP contribution < -0.4 is 5.32 Å². The van der Waals surface area contributed by atoms with Crippen molar-refractivity contribution in [2.75, 3.05) is 7.11 Å². The van der Waals surface area contributed by atoms with Crippen molar-refractivity contribution in [2.45, 2.75) is 25.8 Å². The number of fused-ring (bicyclic) bond motifs is 1. The normalized spacial score (nSPS) is 13.4. The van der Waals surface area contributed by atoms with Crippen molar-refractivity contribution in [2.24, 2.45) is 0 Å². The fourth-order valence-electron chi connectivity index (χ4n) is 1.98. The van der Waals surface area contributed by atoms with E-state index < -0.39 is 0 Å². The number of alkyl carbamates (subject to hydrolysis) is 1. The molecule has 0 saturated heterocycles. The van der Waals surface area contributed by atoms with Crippen LogP contribution in [-0.4, -0.2) is 13.2 Å². The quantitative estimate of drug-likeness (QED) is 0.802. The molecule has 0 aromatic heterocycles. The summed E-state index contributed by atoms with van der Waals surface area (Å²) >= 11 is 0. The molecule has 2 rings (SSSR count). The Balaban J connectivity index is 2.01. The molecule has 1 N–H and O–H groups in total. The summed E-state index contributed by atoms with van der Waals surface area (Å²) in [5, 5.41) is 2.68. The summed E-state index contributed by atoms with van der Waals surface area (Å²) in [5.74, 6) is 0. The third-order valence-corrected chi connectivity index (χ3v) is 2.79. The van der Waals surface area contributed by atoms with E-state index in [9.17, 15) is 4.79 Å². The van der Waals surface area contributed by atoms with Crippen LogP contribution in [-0.2, 0) is 24.1 Å². The highest BCUT2D eigenvalue weighted by atomic mass is 16.5. The van der Waals surface area contributed by atoms with Gasteiger partial charge in [0, 0.05) is 6.54 Å². The van der Waals surface area contributed by atoms with Gasteiger partial charge in [-0.3, -0.25) is 0 Å². The predicted octanol–water partition coefficient (Wildman–Crippen LogP) is 2.03. The fourth-order valence-corrected chi connectivity index (χ4v) is 1.98. The van der Waals surface area contributed by atoms with Crippen molar-refractivity contribution in [1.29, 1.82) is 0 Å². The molecule has 0 unspecified atom stereocenters. The number of aryl methyl sites for hydroxylation is 2. The van der Waals surface area contributed by atoms with Gasteiger partial charge in [-0.25, -0.2) is 4.79 Å². The number of amides is 1. The standard InChI is InChI=1S/C12H15NO2/c1-15-12(14)13-8-9-5-6-10-3-2-4-11(10)7-9/h5-7H,2-4,8H2,1H3,(H,13,14). The number of hydrogen-bond donors (Lipinski definition) is 1. The first-order valence-corrected chi connectivity index (χ1v) is 5.22. The van der Waals surface area contributed by atoms with Gasteiger partial charge in [-0.1, -0.05) is 18.2 Å². The first-order chi connectivity index (χ1) is 7.29. The van der Waals surface area contributed by atoms with Crippen LogP contribution in [0.15, 0.2) is 18.2 Å². The second-order valence-electron chi connectivity index (χ2n) is 3.80. The molecule has 1 aromatic rings. The number of ether oxygens (including phenoxy) is 1. The summed E-state index contributed by atoms with van der Waals surface area (Å²) in [6, 6.07) is 6.41. The highest BCUT2D eigenvalue weighted by molar-refractivity contribution is 5.66. The van der Waals surface area contributed by atoms with Crippen molar-refractivity contribution in [3.63, 3.8) is 0 Å². The van der Waals surface area contributed by atoms with E-state index in [1.165, 1.54) is 37.5 Å². The van der Waals surface area contributed by atoms with Crippen molar-refractivity contribution >= 4 is 6.09 Å². The van der Waals surface area contributed by atoms with Crippen LogP contribution in [0.1, 0.15) is 23.1 Å². The summed E-state index contributed by atoms with van der Waals surface area (Å²) < 4.78 is 4.51. The summed E-state index contributed by atoms with van der Waals surface area (Å²) in [6.45, 7) is 0.542. The first kappa shape index (κ1) is 10.0. The van der Waals surface area contributed by atoms with Crippen LogP contribution in [0.3, 0.4) is 0 Å². The van der Waals surface area contributed by atoms with Crippen molar-refractivity contribution in [3.8, 4) is 0 Å². The van der Waals surface area contributed by atoms with Crippen LogP contribution in [0, 0.1) is 0 Å². The van der Waals surface area contributed by atoms with Gasteiger partial charge in [0.2, 0.25) is 0 Å². The maximum absolute atomic E-state index is 10.9. The Hall–Kier alpha value is -1.51. The van der Waals surface area contributed by atoms with Gasteiger partial charge in [0.15, 0.2) is 0 Å². The Bertz CT molecular complexity index is 374. The SMILES string of the molecule is COC(=O)NCc1ccc2c(c1)CCC2. The molecule has 0 fully saturated rings. The minimum atomic E-state index is -0.379. The van der Waals surface area contributed by atoms with Gasteiger partial charge in [0.05, 0.1) is 7.11 Å². The maximum atomic E-state index is 10.9. The summed E-state index contributed by atoms with van der Waals surface area (Å²) in [6.07, 6.45) is 3.24. The molecular formula is C12H15NO2. The van der Waals surface area contributed by atoms with E-state index in [0.717, 1.165) is 5.56 Å². The molecule has 1 aliphatic rings. The fraction of sp³-hybridized carbons (Fsp3) is 0.417. The first-order valence-electron chi connectivity index (χ1n) is 5.22. The van der Waals surface area contributed by atoms with Crippen molar-refractivity contribution in [1.82, 2.24) is 5.32 Å². The van der Waals surface area contributed by atoms with Gasteiger partial charge >= 0.3 is 6.09 Å². The zero-order valence-electron chi connectivity index (χ0n) is 8.88. The molecule has 15 heavy (non-hydrogen) atoms. The highest BCUT2D eigenvalue weighted by Gasteiger charge is 2.10. The lowest BCUT2D eigenvalue weighted by Gasteiger charge is -2.06. The van der Waals surface area contributed by atoms with E-state index in [2.05, 4.69) is 28.3 Å². The lowest BCUT2D eigenvalue weighted by molar-refractivity contribution is 0.170. The Labute approximate surface area is 89.4 Å². The van der Waals surface area contributed by atoms with E-state index in [1.807, 2.05) is 0 Å². The lowest BCUT2D eigenvalue weighted by atomic mass is 10.1. The Morgan fingerprint density at radius 3 is 3.00 bits per heavy atom. The van der Waals surface area contributed by atoms with Gasteiger partial charge in [0.1, 0.15) is 0 Å². The van der Waals surface area contributed by atoms with E-state index >= 15 is 0 Å². The van der Waals surface area contributed by atoms with Gasteiger partial charge in [-0.2, -0.15) is 0 Å². The van der Waals surface area contributed by atoms with E-state index in [0.29, 0.717) is 6.54 Å². The zero-order valence-corrected chi connectivity index (χ0v) is 8.88. The van der Waals surface area contributed by atoms with Gasteiger partial charge in [-0.15, -0.1) is 0 Å². The smallest absolute Gasteiger partial charge is 0.407 e. The third-order valence-electron chi connectivity index (χ3n) is 2.79. The molecule has 0 aliphatic heterocycles. The second-order valence-corrected chi connectivity index (χ2v) is 3.80. The third kappa shape index (κ3) is 2.29. The molecule has 0 atom stereocenters. The molecule has 1 aromatic carbocycles. The number of rotatable bonds is 2. The van der Waals surface area contributed by atoms with Crippen molar-refractivity contribution in [3.05, 3.63) is 34.9 Å². The minimum Gasteiger partial charge on any atom is -0.453 e. The predicted molar refractivity (Wildman–Crippen MR) is 57.7 cm³/mol. The monoisotopic (exact) mass is 205 g/mol. The molecule has 80 valence electrons. The molecular weight excluding hydrogens is 190 g/mol. The molecule has 0 bridgehead atoms. The molecule has 0 saturated carbocycles. The van der Waals surface area contributed by atoms with Gasteiger partial charge in [0.25, 0.3) is 0 Å². The molecule has 0 heterocycles. The molecule has 0 spiro atoms. The number of nitrogens with one attached hydrogen (secondary N) is 1. The topological polar surface area (TPSA) is 38.3 Å². The Morgan fingerprint density at radius 1 is 1.40 bits per heavy atom. The van der Waals surface area contributed by atoms with Crippen molar-refractivity contribution < 1.29 is 9.53 Å². The van der Waals surface area contributed by atoms with Crippen LogP contribution in [0.5, 0.6) is 0 Å².